The quantitative estimate of drug-likeness (QED) is 0.671. The lowest BCUT2D eigenvalue weighted by molar-refractivity contribution is 0.0137. The Morgan fingerprint density at radius 1 is 1.25 bits per heavy atom. The summed E-state index contributed by atoms with van der Waals surface area (Å²) in [6.07, 6.45) is 7.17. The Labute approximate surface area is 194 Å². The van der Waals surface area contributed by atoms with E-state index in [9.17, 15) is 9.90 Å². The molecule has 1 unspecified atom stereocenters. The molecule has 2 heterocycles. The molecule has 0 saturated heterocycles. The first-order valence-electron chi connectivity index (χ1n) is 11.7. The van der Waals surface area contributed by atoms with Crippen molar-refractivity contribution in [2.75, 3.05) is 7.05 Å². The molecule has 2 aromatic rings. The zero-order valence-corrected chi connectivity index (χ0v) is 20.6. The molecular weight excluding hydrogens is 426 g/mol. The Balaban J connectivity index is 1.45. The van der Waals surface area contributed by atoms with E-state index in [0.29, 0.717) is 5.88 Å². The SMILES string of the molecule is CCC(O)[C@H]1CCc2sc3ncnc(OC4CCC(N(C)C(=O)OC(C)(C)C)CC4)c3c21. The van der Waals surface area contributed by atoms with Crippen LogP contribution in [0.4, 0.5) is 4.79 Å². The minimum absolute atomic E-state index is 0.0582. The number of carbonyl (C=O) groups is 1. The number of rotatable bonds is 5. The predicted octanol–water partition coefficient (Wildman–Crippen LogP) is 5.05. The number of fused-ring (bicyclic) bond motifs is 3. The number of thiophene rings is 1. The number of ether oxygens (including phenoxy) is 2. The molecule has 1 saturated carbocycles. The first kappa shape index (κ1) is 23.2. The molecule has 0 spiro atoms. The van der Waals surface area contributed by atoms with E-state index in [0.717, 1.165) is 55.2 Å². The molecule has 2 aliphatic rings. The number of aromatic nitrogens is 2. The highest BCUT2D eigenvalue weighted by atomic mass is 32.1. The van der Waals surface area contributed by atoms with E-state index in [1.807, 2.05) is 34.7 Å². The van der Waals surface area contributed by atoms with E-state index in [-0.39, 0.29) is 30.3 Å². The molecule has 0 radical (unpaired) electrons. The van der Waals surface area contributed by atoms with E-state index in [4.69, 9.17) is 9.47 Å². The van der Waals surface area contributed by atoms with Crippen LogP contribution in [-0.4, -0.2) is 57.0 Å². The van der Waals surface area contributed by atoms with Gasteiger partial charge in [-0.2, -0.15) is 0 Å². The van der Waals surface area contributed by atoms with Crippen molar-refractivity contribution in [2.24, 2.45) is 0 Å². The summed E-state index contributed by atoms with van der Waals surface area (Å²) in [5.41, 5.74) is 0.710. The Morgan fingerprint density at radius 3 is 2.62 bits per heavy atom. The summed E-state index contributed by atoms with van der Waals surface area (Å²) in [5, 5.41) is 11.6. The second-order valence-corrected chi connectivity index (χ2v) is 11.1. The molecule has 1 N–H and O–H groups in total. The average Bonchev–Trinajstić information content (AvgIpc) is 3.31. The van der Waals surface area contributed by atoms with Gasteiger partial charge in [-0.15, -0.1) is 11.3 Å². The molecule has 176 valence electrons. The van der Waals surface area contributed by atoms with Gasteiger partial charge in [0.25, 0.3) is 0 Å². The van der Waals surface area contributed by atoms with Gasteiger partial charge >= 0.3 is 6.09 Å². The van der Waals surface area contributed by atoms with Crippen molar-refractivity contribution in [3.63, 3.8) is 0 Å². The van der Waals surface area contributed by atoms with Gasteiger partial charge in [0, 0.05) is 23.9 Å². The van der Waals surface area contributed by atoms with Crippen LogP contribution in [0.1, 0.15) is 82.6 Å². The van der Waals surface area contributed by atoms with Gasteiger partial charge in [0.15, 0.2) is 0 Å². The summed E-state index contributed by atoms with van der Waals surface area (Å²) in [5.74, 6) is 0.780. The lowest BCUT2D eigenvalue weighted by Gasteiger charge is -2.35. The number of nitrogens with zero attached hydrogens (tertiary/aromatic N) is 3. The Morgan fingerprint density at radius 2 is 1.97 bits per heavy atom. The van der Waals surface area contributed by atoms with Crippen molar-refractivity contribution in [1.29, 1.82) is 0 Å². The van der Waals surface area contributed by atoms with E-state index in [2.05, 4.69) is 9.97 Å². The number of carbonyl (C=O) groups excluding carboxylic acids is 1. The van der Waals surface area contributed by atoms with Gasteiger partial charge in [-0.3, -0.25) is 0 Å². The molecule has 0 aliphatic heterocycles. The van der Waals surface area contributed by atoms with Gasteiger partial charge in [0.2, 0.25) is 5.88 Å². The third kappa shape index (κ3) is 4.71. The minimum atomic E-state index is -0.492. The van der Waals surface area contributed by atoms with Gasteiger partial charge in [-0.25, -0.2) is 14.8 Å². The van der Waals surface area contributed by atoms with Gasteiger partial charge in [0.1, 0.15) is 22.9 Å². The fourth-order valence-corrected chi connectivity index (χ4v) is 6.15. The number of hydrogen-bond acceptors (Lipinski definition) is 7. The highest BCUT2D eigenvalue weighted by Crippen LogP contribution is 2.47. The van der Waals surface area contributed by atoms with Crippen molar-refractivity contribution in [3.8, 4) is 5.88 Å². The molecule has 2 aliphatic carbocycles. The van der Waals surface area contributed by atoms with Gasteiger partial charge < -0.3 is 19.5 Å². The summed E-state index contributed by atoms with van der Waals surface area (Å²) in [6.45, 7) is 7.68. The van der Waals surface area contributed by atoms with Crippen molar-refractivity contribution >= 4 is 27.6 Å². The van der Waals surface area contributed by atoms with Gasteiger partial charge in [-0.05, 0) is 71.3 Å². The number of amides is 1. The highest BCUT2D eigenvalue weighted by Gasteiger charge is 2.35. The van der Waals surface area contributed by atoms with Crippen molar-refractivity contribution in [3.05, 3.63) is 16.8 Å². The summed E-state index contributed by atoms with van der Waals surface area (Å²) >= 11 is 1.71. The lowest BCUT2D eigenvalue weighted by Crippen LogP contribution is -2.43. The van der Waals surface area contributed by atoms with Gasteiger partial charge in [-0.1, -0.05) is 6.92 Å². The van der Waals surface area contributed by atoms with Crippen LogP contribution in [0.15, 0.2) is 6.33 Å². The van der Waals surface area contributed by atoms with E-state index in [1.165, 1.54) is 10.4 Å². The Hall–Kier alpha value is -1.93. The Bertz CT molecular complexity index is 962. The van der Waals surface area contributed by atoms with Crippen molar-refractivity contribution in [2.45, 2.75) is 102 Å². The van der Waals surface area contributed by atoms with Crippen LogP contribution in [0, 0.1) is 0 Å². The topological polar surface area (TPSA) is 84.8 Å². The van der Waals surface area contributed by atoms with Crippen LogP contribution in [-0.2, 0) is 11.2 Å². The maximum Gasteiger partial charge on any atom is 0.410 e. The molecule has 1 fully saturated rings. The average molecular weight is 462 g/mol. The normalized spacial score (nSPS) is 24.2. The zero-order chi connectivity index (χ0) is 23.0. The smallest absolute Gasteiger partial charge is 0.410 e. The molecule has 32 heavy (non-hydrogen) atoms. The van der Waals surface area contributed by atoms with Crippen LogP contribution in [0.5, 0.6) is 5.88 Å². The van der Waals surface area contributed by atoms with E-state index < -0.39 is 5.60 Å². The van der Waals surface area contributed by atoms with Crippen molar-refractivity contribution < 1.29 is 19.4 Å². The van der Waals surface area contributed by atoms with Crippen LogP contribution in [0.3, 0.4) is 0 Å². The fraction of sp³-hybridized carbons (Fsp3) is 0.708. The van der Waals surface area contributed by atoms with E-state index >= 15 is 0 Å². The fourth-order valence-electron chi connectivity index (χ4n) is 4.93. The highest BCUT2D eigenvalue weighted by molar-refractivity contribution is 7.19. The molecule has 0 bridgehead atoms. The molecule has 4 rings (SSSR count). The van der Waals surface area contributed by atoms with Crippen molar-refractivity contribution in [1.82, 2.24) is 14.9 Å². The summed E-state index contributed by atoms with van der Waals surface area (Å²) in [6, 6.07) is 0.157. The largest absolute Gasteiger partial charge is 0.474 e. The number of aryl methyl sites for hydroxylation is 1. The number of hydrogen-bond donors (Lipinski definition) is 1. The standard InChI is InChI=1S/C24H35N3O4S/c1-6-17(28)16-11-12-18-19(16)20-21(25-13-26-22(20)32-18)30-15-9-7-14(8-10-15)27(5)23(29)31-24(2,3)4/h13-17,28H,6-12H2,1-5H3/t14?,15?,16-,17?/m1/s1. The molecular formula is C24H35N3O4S. The number of aliphatic hydroxyl groups is 1. The predicted molar refractivity (Wildman–Crippen MR) is 125 cm³/mol. The summed E-state index contributed by atoms with van der Waals surface area (Å²) in [4.78, 5) is 25.4. The number of aliphatic hydroxyl groups excluding tert-OH is 1. The summed E-state index contributed by atoms with van der Waals surface area (Å²) < 4.78 is 11.9. The van der Waals surface area contributed by atoms with Crippen LogP contribution >= 0.6 is 11.3 Å². The molecule has 0 aromatic carbocycles. The molecule has 1 amide bonds. The first-order valence-corrected chi connectivity index (χ1v) is 12.6. The van der Waals surface area contributed by atoms with E-state index in [1.54, 1.807) is 22.6 Å². The molecule has 8 heteroatoms. The molecule has 7 nitrogen and oxygen atoms in total. The maximum absolute atomic E-state index is 12.4. The lowest BCUT2D eigenvalue weighted by atomic mass is 9.92. The van der Waals surface area contributed by atoms with Crippen LogP contribution < -0.4 is 4.74 Å². The monoisotopic (exact) mass is 461 g/mol. The summed E-state index contributed by atoms with van der Waals surface area (Å²) in [7, 11) is 1.82. The second-order valence-electron chi connectivity index (χ2n) is 10.1. The van der Waals surface area contributed by atoms with Gasteiger partial charge in [0.05, 0.1) is 11.5 Å². The minimum Gasteiger partial charge on any atom is -0.474 e. The molecule has 2 aromatic heterocycles. The van der Waals surface area contributed by atoms with Crippen LogP contribution in [0.2, 0.25) is 0 Å². The second kappa shape index (κ2) is 9.14. The maximum atomic E-state index is 12.4. The zero-order valence-electron chi connectivity index (χ0n) is 19.8. The Kier molecular flexibility index (Phi) is 6.63. The molecule has 2 atom stereocenters. The third-order valence-corrected chi connectivity index (χ3v) is 7.83. The first-order chi connectivity index (χ1) is 15.2. The third-order valence-electron chi connectivity index (χ3n) is 6.65. The van der Waals surface area contributed by atoms with Crippen LogP contribution in [0.25, 0.3) is 10.2 Å².